The molecule has 0 spiro atoms. The number of fused-ring (bicyclic) bond motifs is 1. The van der Waals surface area contributed by atoms with E-state index in [9.17, 15) is 17.6 Å². The number of hydrogen-bond donors (Lipinski definition) is 0. The highest BCUT2D eigenvalue weighted by atomic mass is 32.2. The highest BCUT2D eigenvalue weighted by molar-refractivity contribution is 7.90. The molecule has 0 unspecified atom stereocenters. The van der Waals surface area contributed by atoms with Crippen LogP contribution in [0.5, 0.6) is 0 Å². The van der Waals surface area contributed by atoms with Crippen LogP contribution in [-0.2, 0) is 26.9 Å². The Morgan fingerprint density at radius 1 is 0.938 bits per heavy atom. The molecule has 0 aliphatic heterocycles. The number of nitrogens with zero attached hydrogens (tertiary/aromatic N) is 2. The van der Waals surface area contributed by atoms with E-state index < -0.39 is 21.4 Å². The van der Waals surface area contributed by atoms with Crippen molar-refractivity contribution in [3.05, 3.63) is 96.4 Å². The van der Waals surface area contributed by atoms with Gasteiger partial charge in [0.25, 0.3) is 0 Å². The molecule has 164 valence electrons. The molecule has 4 rings (SSSR count). The first-order chi connectivity index (χ1) is 15.4. The van der Waals surface area contributed by atoms with Crippen molar-refractivity contribution in [2.45, 2.75) is 24.1 Å². The van der Waals surface area contributed by atoms with Gasteiger partial charge in [-0.15, -0.1) is 0 Å². The van der Waals surface area contributed by atoms with E-state index in [1.807, 2.05) is 37.3 Å². The zero-order valence-electron chi connectivity index (χ0n) is 17.6. The van der Waals surface area contributed by atoms with Crippen LogP contribution in [0.2, 0.25) is 0 Å². The number of hydrogen-bond acceptors (Lipinski definition) is 3. The third-order valence-corrected chi connectivity index (χ3v) is 7.07. The van der Waals surface area contributed by atoms with E-state index in [2.05, 4.69) is 0 Å². The number of aromatic nitrogens is 1. The third kappa shape index (κ3) is 4.29. The van der Waals surface area contributed by atoms with Crippen molar-refractivity contribution in [2.24, 2.45) is 0 Å². The van der Waals surface area contributed by atoms with Gasteiger partial charge in [0, 0.05) is 34.9 Å². The van der Waals surface area contributed by atoms with Gasteiger partial charge in [0.15, 0.2) is 9.84 Å². The Labute approximate surface area is 186 Å². The van der Waals surface area contributed by atoms with Crippen LogP contribution in [0.4, 0.5) is 10.1 Å². The lowest BCUT2D eigenvalue weighted by molar-refractivity contribution is -0.119. The lowest BCUT2D eigenvalue weighted by Crippen LogP contribution is -2.33. The van der Waals surface area contributed by atoms with Crippen molar-refractivity contribution >= 4 is 32.3 Å². The molecule has 0 radical (unpaired) electrons. The van der Waals surface area contributed by atoms with Crippen LogP contribution in [0.25, 0.3) is 10.9 Å². The van der Waals surface area contributed by atoms with Crippen molar-refractivity contribution in [3.63, 3.8) is 0 Å². The first-order valence-corrected chi connectivity index (χ1v) is 12.0. The Bertz CT molecular complexity index is 1360. The molecule has 0 atom stereocenters. The fraction of sp³-hybridized carbons (Fsp3) is 0.160. The second kappa shape index (κ2) is 8.96. The molecule has 4 aromatic rings. The number of carbonyl (C=O) groups is 1. The molecule has 3 aromatic carbocycles. The van der Waals surface area contributed by atoms with Gasteiger partial charge in [-0.2, -0.15) is 0 Å². The summed E-state index contributed by atoms with van der Waals surface area (Å²) in [7, 11) is -3.84. The molecule has 1 heterocycles. The number of halogens is 1. The average Bonchev–Trinajstić information content (AvgIpc) is 3.16. The molecular formula is C25H23FN2O3S. The number of benzene rings is 3. The van der Waals surface area contributed by atoms with Gasteiger partial charge in [0.1, 0.15) is 12.4 Å². The molecule has 0 bridgehead atoms. The van der Waals surface area contributed by atoms with Crippen LogP contribution in [-0.4, -0.2) is 25.4 Å². The SMILES string of the molecule is CCN(C(=O)Cn1cc(S(=O)(=O)Cc2ccccc2F)c2ccccc21)c1ccccc1. The van der Waals surface area contributed by atoms with Gasteiger partial charge in [-0.25, -0.2) is 12.8 Å². The van der Waals surface area contributed by atoms with Crippen LogP contribution in [0.1, 0.15) is 12.5 Å². The maximum absolute atomic E-state index is 14.1. The van der Waals surface area contributed by atoms with E-state index >= 15 is 0 Å². The normalized spacial score (nSPS) is 11.6. The number of rotatable bonds is 7. The van der Waals surface area contributed by atoms with Crippen molar-refractivity contribution in [2.75, 3.05) is 11.4 Å². The minimum atomic E-state index is -3.84. The molecule has 0 aliphatic rings. The van der Waals surface area contributed by atoms with Gasteiger partial charge in [0.05, 0.1) is 10.6 Å². The van der Waals surface area contributed by atoms with Crippen LogP contribution in [0, 0.1) is 5.82 Å². The minimum Gasteiger partial charge on any atom is -0.337 e. The summed E-state index contributed by atoms with van der Waals surface area (Å²) in [4.78, 5) is 14.8. The summed E-state index contributed by atoms with van der Waals surface area (Å²) in [5.41, 5.74) is 1.53. The highest BCUT2D eigenvalue weighted by Gasteiger charge is 2.24. The van der Waals surface area contributed by atoms with Crippen molar-refractivity contribution in [1.82, 2.24) is 4.57 Å². The Morgan fingerprint density at radius 3 is 2.31 bits per heavy atom. The van der Waals surface area contributed by atoms with Crippen molar-refractivity contribution in [3.8, 4) is 0 Å². The average molecular weight is 451 g/mol. The molecule has 0 N–H and O–H groups in total. The molecule has 1 aromatic heterocycles. The van der Waals surface area contributed by atoms with Gasteiger partial charge >= 0.3 is 0 Å². The zero-order chi connectivity index (χ0) is 22.7. The smallest absolute Gasteiger partial charge is 0.246 e. The number of amides is 1. The van der Waals surface area contributed by atoms with Crippen LogP contribution in [0.3, 0.4) is 0 Å². The summed E-state index contributed by atoms with van der Waals surface area (Å²) < 4.78 is 42.2. The predicted octanol–water partition coefficient (Wildman–Crippen LogP) is 4.81. The monoisotopic (exact) mass is 450 g/mol. The second-order valence-electron chi connectivity index (χ2n) is 7.46. The minimum absolute atomic E-state index is 0.0154. The number of para-hydroxylation sites is 2. The number of carbonyl (C=O) groups excluding carboxylic acids is 1. The molecule has 0 fully saturated rings. The maximum atomic E-state index is 14.1. The lowest BCUT2D eigenvalue weighted by Gasteiger charge is -2.21. The summed E-state index contributed by atoms with van der Waals surface area (Å²) >= 11 is 0. The molecule has 1 amide bonds. The maximum Gasteiger partial charge on any atom is 0.246 e. The molecule has 5 nitrogen and oxygen atoms in total. The molecule has 7 heteroatoms. The van der Waals surface area contributed by atoms with Gasteiger partial charge in [-0.1, -0.05) is 54.6 Å². The lowest BCUT2D eigenvalue weighted by atomic mass is 10.2. The summed E-state index contributed by atoms with van der Waals surface area (Å²) in [6.45, 7) is 2.36. The fourth-order valence-electron chi connectivity index (χ4n) is 3.83. The van der Waals surface area contributed by atoms with Gasteiger partial charge < -0.3 is 9.47 Å². The van der Waals surface area contributed by atoms with Gasteiger partial charge in [-0.3, -0.25) is 4.79 Å². The second-order valence-corrected chi connectivity index (χ2v) is 9.42. The standard InChI is InChI=1S/C25H23FN2O3S/c1-2-28(20-11-4-3-5-12-20)25(29)17-27-16-24(21-13-7-9-15-23(21)27)32(30,31)18-19-10-6-8-14-22(19)26/h3-16H,2,17-18H2,1H3. The van der Waals surface area contributed by atoms with E-state index in [0.29, 0.717) is 17.4 Å². The number of sulfone groups is 1. The summed E-state index contributed by atoms with van der Waals surface area (Å²) in [5.74, 6) is -1.17. The van der Waals surface area contributed by atoms with Crippen LogP contribution < -0.4 is 4.90 Å². The first kappa shape index (κ1) is 21.8. The third-order valence-electron chi connectivity index (χ3n) is 5.38. The Balaban J connectivity index is 1.70. The predicted molar refractivity (Wildman–Crippen MR) is 124 cm³/mol. The zero-order valence-corrected chi connectivity index (χ0v) is 18.4. The first-order valence-electron chi connectivity index (χ1n) is 10.3. The van der Waals surface area contributed by atoms with Gasteiger partial charge in [0.2, 0.25) is 5.91 Å². The van der Waals surface area contributed by atoms with E-state index in [1.54, 1.807) is 39.8 Å². The van der Waals surface area contributed by atoms with Gasteiger partial charge in [-0.05, 0) is 31.2 Å². The van der Waals surface area contributed by atoms with E-state index in [0.717, 1.165) is 5.69 Å². The molecule has 0 aliphatic carbocycles. The Morgan fingerprint density at radius 2 is 1.59 bits per heavy atom. The van der Waals surface area contributed by atoms with Crippen LogP contribution >= 0.6 is 0 Å². The summed E-state index contributed by atoms with van der Waals surface area (Å²) in [6.07, 6.45) is 1.48. The number of anilines is 1. The largest absolute Gasteiger partial charge is 0.337 e. The molecule has 0 saturated heterocycles. The Hall–Kier alpha value is -3.45. The van der Waals surface area contributed by atoms with Crippen molar-refractivity contribution < 1.29 is 17.6 Å². The van der Waals surface area contributed by atoms with E-state index in [4.69, 9.17) is 0 Å². The molecule has 0 saturated carbocycles. The van der Waals surface area contributed by atoms with Crippen molar-refractivity contribution in [1.29, 1.82) is 0 Å². The fourth-order valence-corrected chi connectivity index (χ4v) is 5.43. The quantitative estimate of drug-likeness (QED) is 0.406. The molecular weight excluding hydrogens is 427 g/mol. The summed E-state index contributed by atoms with van der Waals surface area (Å²) in [5, 5.41) is 0.513. The molecule has 32 heavy (non-hydrogen) atoms. The van der Waals surface area contributed by atoms with E-state index in [1.165, 1.54) is 24.4 Å². The topological polar surface area (TPSA) is 59.4 Å². The summed E-state index contributed by atoms with van der Waals surface area (Å²) in [6, 6.07) is 22.2. The highest BCUT2D eigenvalue weighted by Crippen LogP contribution is 2.29. The van der Waals surface area contributed by atoms with E-state index in [-0.39, 0.29) is 22.9 Å². The number of likely N-dealkylation sites (N-methyl/N-ethyl adjacent to an activating group) is 1. The van der Waals surface area contributed by atoms with Crippen LogP contribution in [0.15, 0.2) is 90.0 Å². The Kier molecular flexibility index (Phi) is 6.10.